The number of halogens is 1. The molecular formula is C17H12ClN5O2S. The van der Waals surface area contributed by atoms with E-state index in [0.717, 1.165) is 5.01 Å². The third-order valence-corrected chi connectivity index (χ3v) is 4.59. The van der Waals surface area contributed by atoms with Gasteiger partial charge in [0.15, 0.2) is 11.6 Å². The van der Waals surface area contributed by atoms with Crippen LogP contribution in [0, 0.1) is 6.57 Å². The smallest absolute Gasteiger partial charge is 0.275 e. The van der Waals surface area contributed by atoms with Crippen molar-refractivity contribution < 1.29 is 9.59 Å². The van der Waals surface area contributed by atoms with E-state index in [4.69, 9.17) is 18.2 Å². The molecule has 3 rings (SSSR count). The van der Waals surface area contributed by atoms with Gasteiger partial charge >= 0.3 is 0 Å². The molecule has 1 aromatic heterocycles. The Kier molecular flexibility index (Phi) is 4.93. The van der Waals surface area contributed by atoms with Gasteiger partial charge in [0.2, 0.25) is 0 Å². The topological polar surface area (TPSA) is 79.5 Å². The van der Waals surface area contributed by atoms with Crippen molar-refractivity contribution in [3.8, 4) is 11.4 Å². The van der Waals surface area contributed by atoms with E-state index >= 15 is 0 Å². The Bertz CT molecular complexity index is 999. The number of aromatic nitrogens is 2. The van der Waals surface area contributed by atoms with E-state index in [-0.39, 0.29) is 11.5 Å². The van der Waals surface area contributed by atoms with E-state index in [0.29, 0.717) is 27.0 Å². The third kappa shape index (κ3) is 3.14. The quantitative estimate of drug-likeness (QED) is 0.374. The first kappa shape index (κ1) is 17.9. The van der Waals surface area contributed by atoms with Crippen LogP contribution in [0.25, 0.3) is 16.2 Å². The van der Waals surface area contributed by atoms with Gasteiger partial charge in [-0.1, -0.05) is 23.7 Å². The second-order valence-electron chi connectivity index (χ2n) is 5.26. The van der Waals surface area contributed by atoms with Crippen LogP contribution in [0.1, 0.15) is 6.92 Å². The molecule has 0 aliphatic carbocycles. The summed E-state index contributed by atoms with van der Waals surface area (Å²) >= 11 is 7.48. The van der Waals surface area contributed by atoms with Crippen LogP contribution in [0.2, 0.25) is 5.02 Å². The minimum Gasteiger partial charge on any atom is -0.281 e. The molecule has 7 nitrogen and oxygen atoms in total. The standard InChI is InChI=1S/C17H12ClN5O2S/c1-9-8-12(24)23(17(9)25)22-15-13(19-2)16(26-3)21-14(20-15)10-6-4-5-7-11(10)18/h4-8H,1,3H3,(H,20,21,22). The number of benzene rings is 1. The average molecular weight is 386 g/mol. The molecular weight excluding hydrogens is 374 g/mol. The lowest BCUT2D eigenvalue weighted by Crippen LogP contribution is -2.36. The highest BCUT2D eigenvalue weighted by Crippen LogP contribution is 2.36. The molecule has 1 aliphatic heterocycles. The summed E-state index contributed by atoms with van der Waals surface area (Å²) in [5.41, 5.74) is 3.66. The Balaban J connectivity index is 2.11. The Hall–Kier alpha value is -2.89. The molecule has 2 amide bonds. The highest BCUT2D eigenvalue weighted by Gasteiger charge is 2.30. The van der Waals surface area contributed by atoms with E-state index in [1.165, 1.54) is 17.8 Å². The minimum absolute atomic E-state index is 0.0686. The van der Waals surface area contributed by atoms with E-state index in [9.17, 15) is 9.59 Å². The van der Waals surface area contributed by atoms with Gasteiger partial charge in [-0.2, -0.15) is 5.01 Å². The number of hydrazine groups is 1. The van der Waals surface area contributed by atoms with Gasteiger partial charge in [0.25, 0.3) is 17.5 Å². The lowest BCUT2D eigenvalue weighted by molar-refractivity contribution is -0.135. The first-order valence-corrected chi connectivity index (χ1v) is 8.98. The van der Waals surface area contributed by atoms with Crippen LogP contribution >= 0.6 is 23.4 Å². The molecule has 0 fully saturated rings. The van der Waals surface area contributed by atoms with Crippen molar-refractivity contribution in [3.63, 3.8) is 0 Å². The number of carbonyl (C=O) groups excluding carboxylic acids is 2. The Morgan fingerprint density at radius 3 is 2.58 bits per heavy atom. The zero-order valence-electron chi connectivity index (χ0n) is 13.8. The zero-order chi connectivity index (χ0) is 18.8. The number of nitrogens with zero attached hydrogens (tertiary/aromatic N) is 4. The van der Waals surface area contributed by atoms with Crippen LogP contribution in [-0.2, 0) is 9.59 Å². The van der Waals surface area contributed by atoms with Crippen molar-refractivity contribution in [3.05, 3.63) is 52.4 Å². The maximum atomic E-state index is 12.1. The van der Waals surface area contributed by atoms with Crippen LogP contribution in [0.15, 0.2) is 40.9 Å². The molecule has 1 aromatic carbocycles. The van der Waals surface area contributed by atoms with Gasteiger partial charge in [0.1, 0.15) is 5.03 Å². The lowest BCUT2D eigenvalue weighted by Gasteiger charge is -2.18. The number of carbonyl (C=O) groups is 2. The molecule has 0 spiro atoms. The summed E-state index contributed by atoms with van der Waals surface area (Å²) in [6.45, 7) is 8.97. The van der Waals surface area contributed by atoms with Crippen molar-refractivity contribution in [1.29, 1.82) is 0 Å². The number of thioether (sulfide) groups is 1. The fourth-order valence-electron chi connectivity index (χ4n) is 2.32. The number of anilines is 1. The van der Waals surface area contributed by atoms with Gasteiger partial charge in [-0.15, -0.1) is 11.8 Å². The normalized spacial score (nSPS) is 13.6. The number of nitrogens with one attached hydrogen (secondary N) is 1. The number of hydrogen-bond acceptors (Lipinski definition) is 6. The molecule has 0 radical (unpaired) electrons. The first-order chi connectivity index (χ1) is 12.5. The fraction of sp³-hybridized carbons (Fsp3) is 0.118. The molecule has 0 atom stereocenters. The van der Waals surface area contributed by atoms with E-state index in [1.54, 1.807) is 37.4 Å². The predicted molar refractivity (Wildman–Crippen MR) is 99.8 cm³/mol. The largest absolute Gasteiger partial charge is 0.281 e. The minimum atomic E-state index is -0.521. The monoisotopic (exact) mass is 385 g/mol. The van der Waals surface area contributed by atoms with Crippen LogP contribution in [0.4, 0.5) is 11.5 Å². The Morgan fingerprint density at radius 1 is 1.27 bits per heavy atom. The van der Waals surface area contributed by atoms with Gasteiger partial charge in [0, 0.05) is 17.2 Å². The van der Waals surface area contributed by atoms with Crippen molar-refractivity contribution >= 4 is 46.7 Å². The lowest BCUT2D eigenvalue weighted by atomic mass is 10.2. The third-order valence-electron chi connectivity index (χ3n) is 3.59. The number of hydrogen-bond donors (Lipinski definition) is 1. The molecule has 130 valence electrons. The van der Waals surface area contributed by atoms with Gasteiger partial charge < -0.3 is 0 Å². The molecule has 26 heavy (non-hydrogen) atoms. The second kappa shape index (κ2) is 7.15. The molecule has 1 N–H and O–H groups in total. The molecule has 0 saturated carbocycles. The number of amides is 2. The maximum Gasteiger partial charge on any atom is 0.275 e. The zero-order valence-corrected chi connectivity index (χ0v) is 15.4. The highest BCUT2D eigenvalue weighted by atomic mass is 35.5. The second-order valence-corrected chi connectivity index (χ2v) is 6.47. The van der Waals surface area contributed by atoms with Crippen molar-refractivity contribution in [2.75, 3.05) is 11.7 Å². The summed E-state index contributed by atoms with van der Waals surface area (Å²) in [7, 11) is 0. The van der Waals surface area contributed by atoms with Crippen LogP contribution in [0.3, 0.4) is 0 Å². The molecule has 0 unspecified atom stereocenters. The molecule has 1 aliphatic rings. The van der Waals surface area contributed by atoms with Gasteiger partial charge in [-0.25, -0.2) is 14.8 Å². The average Bonchev–Trinajstić information content (AvgIpc) is 2.87. The molecule has 2 aromatic rings. The SMILES string of the molecule is [C-]#[N+]c1c(NN2C(=O)C=C(C)C2=O)nc(-c2ccccc2Cl)nc1SC. The van der Waals surface area contributed by atoms with Gasteiger partial charge in [-0.3, -0.25) is 15.0 Å². The Morgan fingerprint density at radius 2 is 2.00 bits per heavy atom. The van der Waals surface area contributed by atoms with Gasteiger partial charge in [0.05, 0.1) is 11.6 Å². The molecule has 0 bridgehead atoms. The van der Waals surface area contributed by atoms with Crippen molar-refractivity contribution in [1.82, 2.24) is 15.0 Å². The van der Waals surface area contributed by atoms with Crippen LogP contribution < -0.4 is 5.43 Å². The molecule has 0 saturated heterocycles. The van der Waals surface area contributed by atoms with E-state index < -0.39 is 11.8 Å². The Labute approximate surface area is 158 Å². The number of rotatable bonds is 4. The molecule has 9 heteroatoms. The maximum absolute atomic E-state index is 12.1. The summed E-state index contributed by atoms with van der Waals surface area (Å²) in [6, 6.07) is 7.03. The predicted octanol–water partition coefficient (Wildman–Crippen LogP) is 3.71. The van der Waals surface area contributed by atoms with Crippen LogP contribution in [0.5, 0.6) is 0 Å². The van der Waals surface area contributed by atoms with Gasteiger partial charge in [-0.05, 0) is 25.3 Å². The highest BCUT2D eigenvalue weighted by molar-refractivity contribution is 7.98. The summed E-state index contributed by atoms with van der Waals surface area (Å²) in [4.78, 5) is 36.3. The van der Waals surface area contributed by atoms with Crippen molar-refractivity contribution in [2.45, 2.75) is 11.9 Å². The summed E-state index contributed by atoms with van der Waals surface area (Å²) in [5, 5.41) is 1.69. The fourth-order valence-corrected chi connectivity index (χ4v) is 3.05. The van der Waals surface area contributed by atoms with Crippen molar-refractivity contribution in [2.24, 2.45) is 0 Å². The van der Waals surface area contributed by atoms with Crippen LogP contribution in [-0.4, -0.2) is 33.0 Å². The number of imide groups is 1. The first-order valence-electron chi connectivity index (χ1n) is 7.38. The molecule has 2 heterocycles. The van der Waals surface area contributed by atoms with E-state index in [1.807, 2.05) is 0 Å². The summed E-state index contributed by atoms with van der Waals surface area (Å²) in [6.07, 6.45) is 2.99. The van der Waals surface area contributed by atoms with E-state index in [2.05, 4.69) is 20.2 Å². The summed E-state index contributed by atoms with van der Waals surface area (Å²) < 4.78 is 0. The summed E-state index contributed by atoms with van der Waals surface area (Å²) in [5.74, 6) is -0.653.